The molecule has 0 saturated heterocycles. The molecule has 0 aliphatic carbocycles. The number of halogens is 3. The van der Waals surface area contributed by atoms with Crippen LogP contribution in [-0.4, -0.2) is 19.0 Å². The van der Waals surface area contributed by atoms with Gasteiger partial charge in [0.1, 0.15) is 19.0 Å². The molecule has 2 aromatic carbocycles. The van der Waals surface area contributed by atoms with E-state index >= 15 is 0 Å². The molecule has 0 spiro atoms. The summed E-state index contributed by atoms with van der Waals surface area (Å²) < 4.78 is 26.0. The monoisotopic (exact) mass is 414 g/mol. The van der Waals surface area contributed by atoms with Crippen LogP contribution in [0.3, 0.4) is 0 Å². The van der Waals surface area contributed by atoms with Gasteiger partial charge in [0, 0.05) is 14.5 Å². The van der Waals surface area contributed by atoms with E-state index in [-0.39, 0.29) is 5.56 Å². The number of carbonyl (C=O) groups is 1. The zero-order valence-corrected chi connectivity index (χ0v) is 13.8. The molecule has 21 heavy (non-hydrogen) atoms. The maximum absolute atomic E-state index is 13.9. The fourth-order valence-electron chi connectivity index (χ4n) is 2.06. The number of benzene rings is 2. The molecular weight excluding hydrogens is 407 g/mol. The summed E-state index contributed by atoms with van der Waals surface area (Å²) in [4.78, 5) is 12.5. The van der Waals surface area contributed by atoms with Crippen molar-refractivity contribution in [3.8, 4) is 11.5 Å². The molecule has 0 fully saturated rings. The summed E-state index contributed by atoms with van der Waals surface area (Å²) in [5.74, 6) is 0.0753. The van der Waals surface area contributed by atoms with Gasteiger partial charge in [0.15, 0.2) is 17.3 Å². The Morgan fingerprint density at radius 3 is 2.33 bits per heavy atom. The Kier molecular flexibility index (Phi) is 3.99. The average Bonchev–Trinajstić information content (AvgIpc) is 2.46. The van der Waals surface area contributed by atoms with E-state index in [1.165, 1.54) is 12.1 Å². The standard InChI is InChI=1S/C15H9Br2FO3/c16-8-1-2-9(12(18)5-8)15(19)10-6-13-14(7-11(10)17)21-4-3-20-13/h1-2,5-7H,3-4H2. The van der Waals surface area contributed by atoms with Gasteiger partial charge >= 0.3 is 0 Å². The van der Waals surface area contributed by atoms with Crippen molar-refractivity contribution in [2.75, 3.05) is 13.2 Å². The molecule has 0 unspecified atom stereocenters. The number of rotatable bonds is 2. The third kappa shape index (κ3) is 2.82. The first-order valence-corrected chi connectivity index (χ1v) is 7.74. The lowest BCUT2D eigenvalue weighted by molar-refractivity contribution is 0.103. The summed E-state index contributed by atoms with van der Waals surface area (Å²) in [6, 6.07) is 7.58. The second-order valence-corrected chi connectivity index (χ2v) is 6.20. The van der Waals surface area contributed by atoms with E-state index in [1.54, 1.807) is 18.2 Å². The van der Waals surface area contributed by atoms with Crippen LogP contribution >= 0.6 is 31.9 Å². The van der Waals surface area contributed by atoms with E-state index < -0.39 is 11.6 Å². The largest absolute Gasteiger partial charge is 0.486 e. The first kappa shape index (κ1) is 14.5. The van der Waals surface area contributed by atoms with E-state index in [0.29, 0.717) is 39.2 Å². The van der Waals surface area contributed by atoms with Crippen molar-refractivity contribution in [3.63, 3.8) is 0 Å². The molecular formula is C15H9Br2FO3. The number of fused-ring (bicyclic) bond motifs is 1. The molecule has 6 heteroatoms. The quantitative estimate of drug-likeness (QED) is 0.684. The molecule has 0 atom stereocenters. The van der Waals surface area contributed by atoms with Crippen molar-refractivity contribution < 1.29 is 18.7 Å². The fourth-order valence-corrected chi connectivity index (χ4v) is 2.89. The van der Waals surface area contributed by atoms with Crippen LogP contribution < -0.4 is 9.47 Å². The van der Waals surface area contributed by atoms with Gasteiger partial charge < -0.3 is 9.47 Å². The second kappa shape index (κ2) is 5.77. The van der Waals surface area contributed by atoms with Crippen LogP contribution in [0.15, 0.2) is 39.3 Å². The van der Waals surface area contributed by atoms with Gasteiger partial charge in [0.25, 0.3) is 0 Å². The zero-order chi connectivity index (χ0) is 15.0. The van der Waals surface area contributed by atoms with E-state index in [1.807, 2.05) is 0 Å². The summed E-state index contributed by atoms with van der Waals surface area (Å²) in [7, 11) is 0. The molecule has 3 rings (SSSR count). The lowest BCUT2D eigenvalue weighted by Crippen LogP contribution is -2.16. The van der Waals surface area contributed by atoms with Crippen LogP contribution in [0.4, 0.5) is 4.39 Å². The van der Waals surface area contributed by atoms with Gasteiger partial charge in [-0.25, -0.2) is 4.39 Å². The highest BCUT2D eigenvalue weighted by Gasteiger charge is 2.21. The van der Waals surface area contributed by atoms with Crippen molar-refractivity contribution in [2.45, 2.75) is 0 Å². The number of ether oxygens (including phenoxy) is 2. The summed E-state index contributed by atoms with van der Waals surface area (Å²) in [5.41, 5.74) is 0.344. The van der Waals surface area contributed by atoms with Crippen LogP contribution in [0.5, 0.6) is 11.5 Å². The van der Waals surface area contributed by atoms with E-state index in [4.69, 9.17) is 9.47 Å². The van der Waals surface area contributed by atoms with Gasteiger partial charge in [0.05, 0.1) is 5.56 Å². The Labute approximate surface area is 137 Å². The van der Waals surface area contributed by atoms with Crippen LogP contribution in [-0.2, 0) is 0 Å². The molecule has 108 valence electrons. The van der Waals surface area contributed by atoms with Crippen LogP contribution in [0.2, 0.25) is 0 Å². The molecule has 0 saturated carbocycles. The predicted molar refractivity (Wildman–Crippen MR) is 82.7 cm³/mol. The predicted octanol–water partition coefficient (Wildman–Crippen LogP) is 4.35. The minimum absolute atomic E-state index is 0.00979. The fraction of sp³-hybridized carbons (Fsp3) is 0.133. The van der Waals surface area contributed by atoms with E-state index in [2.05, 4.69) is 31.9 Å². The van der Waals surface area contributed by atoms with Gasteiger partial charge in [-0.3, -0.25) is 4.79 Å². The summed E-state index contributed by atoms with van der Waals surface area (Å²) >= 11 is 6.49. The molecule has 2 aromatic rings. The number of carbonyl (C=O) groups excluding carboxylic acids is 1. The number of hydrogen-bond donors (Lipinski definition) is 0. The molecule has 0 amide bonds. The first-order chi connectivity index (χ1) is 10.1. The molecule has 0 bridgehead atoms. The molecule has 1 heterocycles. The lowest BCUT2D eigenvalue weighted by Gasteiger charge is -2.19. The highest BCUT2D eigenvalue weighted by molar-refractivity contribution is 9.10. The summed E-state index contributed by atoms with van der Waals surface area (Å²) in [6.45, 7) is 0.892. The Bertz CT molecular complexity index is 731. The van der Waals surface area contributed by atoms with Crippen LogP contribution in [0, 0.1) is 5.82 Å². The third-order valence-corrected chi connectivity index (χ3v) is 4.20. The Morgan fingerprint density at radius 2 is 1.67 bits per heavy atom. The van der Waals surface area contributed by atoms with Gasteiger partial charge in [0.2, 0.25) is 0 Å². The first-order valence-electron chi connectivity index (χ1n) is 6.15. The average molecular weight is 416 g/mol. The molecule has 0 radical (unpaired) electrons. The molecule has 1 aliphatic rings. The molecule has 1 aliphatic heterocycles. The molecule has 0 N–H and O–H groups in total. The van der Waals surface area contributed by atoms with Crippen molar-refractivity contribution in [1.82, 2.24) is 0 Å². The minimum atomic E-state index is -0.573. The highest BCUT2D eigenvalue weighted by Crippen LogP contribution is 2.36. The summed E-state index contributed by atoms with van der Waals surface area (Å²) in [6.07, 6.45) is 0. The maximum atomic E-state index is 13.9. The minimum Gasteiger partial charge on any atom is -0.486 e. The second-order valence-electron chi connectivity index (χ2n) is 4.43. The van der Waals surface area contributed by atoms with Crippen molar-refractivity contribution in [1.29, 1.82) is 0 Å². The highest BCUT2D eigenvalue weighted by atomic mass is 79.9. The Hall–Kier alpha value is -1.40. The third-order valence-electron chi connectivity index (χ3n) is 3.05. The van der Waals surface area contributed by atoms with Crippen molar-refractivity contribution in [3.05, 3.63) is 56.2 Å². The zero-order valence-electron chi connectivity index (χ0n) is 10.7. The smallest absolute Gasteiger partial charge is 0.197 e. The molecule has 3 nitrogen and oxygen atoms in total. The van der Waals surface area contributed by atoms with E-state index in [9.17, 15) is 9.18 Å². The molecule has 0 aromatic heterocycles. The van der Waals surface area contributed by atoms with E-state index in [0.717, 1.165) is 0 Å². The van der Waals surface area contributed by atoms with Crippen LogP contribution in [0.1, 0.15) is 15.9 Å². The number of hydrogen-bond acceptors (Lipinski definition) is 3. The van der Waals surface area contributed by atoms with Crippen molar-refractivity contribution >= 4 is 37.6 Å². The van der Waals surface area contributed by atoms with Crippen molar-refractivity contribution in [2.24, 2.45) is 0 Å². The lowest BCUT2D eigenvalue weighted by atomic mass is 10.0. The maximum Gasteiger partial charge on any atom is 0.197 e. The summed E-state index contributed by atoms with van der Waals surface area (Å²) in [5, 5.41) is 0. The SMILES string of the molecule is O=C(c1ccc(Br)cc1F)c1cc2c(cc1Br)OCCO2. The normalized spacial score (nSPS) is 13.1. The Morgan fingerprint density at radius 1 is 1.00 bits per heavy atom. The van der Waals surface area contributed by atoms with Crippen LogP contribution in [0.25, 0.3) is 0 Å². The van der Waals surface area contributed by atoms with Gasteiger partial charge in [-0.2, -0.15) is 0 Å². The topological polar surface area (TPSA) is 35.5 Å². The number of ketones is 1. The van der Waals surface area contributed by atoms with Gasteiger partial charge in [-0.15, -0.1) is 0 Å². The Balaban J connectivity index is 2.05. The van der Waals surface area contributed by atoms with Gasteiger partial charge in [-0.05, 0) is 46.3 Å². The van der Waals surface area contributed by atoms with Gasteiger partial charge in [-0.1, -0.05) is 15.9 Å².